The Balaban J connectivity index is 1.28. The summed E-state index contributed by atoms with van der Waals surface area (Å²) in [4.78, 5) is 28.3. The molecule has 2 aliphatic carbocycles. The van der Waals surface area contributed by atoms with Gasteiger partial charge in [-0.1, -0.05) is 40.5 Å². The lowest BCUT2D eigenvalue weighted by molar-refractivity contribution is -0.129. The number of carbonyl (C=O) groups excluding carboxylic acids is 2. The van der Waals surface area contributed by atoms with Crippen LogP contribution >= 0.6 is 0 Å². The average molecular weight is 507 g/mol. The second kappa shape index (κ2) is 10.8. The molecule has 2 aromatic rings. The van der Waals surface area contributed by atoms with Crippen LogP contribution in [-0.4, -0.2) is 39.9 Å². The lowest BCUT2D eigenvalue weighted by Gasteiger charge is -2.33. The van der Waals surface area contributed by atoms with Gasteiger partial charge in [0.1, 0.15) is 0 Å². The number of amides is 2. The van der Waals surface area contributed by atoms with Crippen LogP contribution in [0, 0.1) is 11.3 Å². The zero-order chi connectivity index (χ0) is 26.2. The van der Waals surface area contributed by atoms with Gasteiger partial charge in [0.05, 0.1) is 0 Å². The highest BCUT2D eigenvalue weighted by molar-refractivity contribution is 5.96. The molecule has 0 unspecified atom stereocenters. The summed E-state index contributed by atoms with van der Waals surface area (Å²) in [5.41, 5.74) is 4.83. The van der Waals surface area contributed by atoms with Gasteiger partial charge in [-0.25, -0.2) is 0 Å². The van der Waals surface area contributed by atoms with Crippen LogP contribution in [0.3, 0.4) is 0 Å². The van der Waals surface area contributed by atoms with Gasteiger partial charge in [0.15, 0.2) is 0 Å². The Labute approximate surface area is 222 Å². The van der Waals surface area contributed by atoms with E-state index in [9.17, 15) is 9.59 Å². The van der Waals surface area contributed by atoms with Crippen molar-refractivity contribution in [1.82, 2.24) is 14.8 Å². The number of benzene rings is 1. The minimum atomic E-state index is -0.379. The number of rotatable bonds is 6. The minimum Gasteiger partial charge on any atom is -0.353 e. The van der Waals surface area contributed by atoms with Crippen LogP contribution in [0.4, 0.5) is 5.69 Å². The lowest BCUT2D eigenvalue weighted by Crippen LogP contribution is -2.44. The predicted octanol–water partition coefficient (Wildman–Crippen LogP) is 6.01. The number of aryl methyl sites for hydroxylation is 1. The number of fused-ring (bicyclic) bond motifs is 3. The van der Waals surface area contributed by atoms with Crippen molar-refractivity contribution < 1.29 is 9.59 Å². The molecule has 1 aromatic carbocycles. The van der Waals surface area contributed by atoms with Gasteiger partial charge in [-0.3, -0.25) is 14.5 Å². The third-order valence-corrected chi connectivity index (χ3v) is 8.95. The highest BCUT2D eigenvalue weighted by Crippen LogP contribution is 2.36. The number of hydrogen-bond acceptors (Lipinski definition) is 3. The molecule has 0 bridgehead atoms. The van der Waals surface area contributed by atoms with Gasteiger partial charge in [0.25, 0.3) is 0 Å². The van der Waals surface area contributed by atoms with Crippen molar-refractivity contribution in [3.05, 3.63) is 29.5 Å². The molecule has 6 heteroatoms. The normalized spacial score (nSPS) is 23.2. The molecule has 2 saturated carbocycles. The Bertz CT molecular complexity index is 1130. The largest absolute Gasteiger partial charge is 0.353 e. The SMILES string of the molecule is CCCn1c2c(c3cc(NC(=O)C4CCC(NC(=O)C(C)(C)C)CC4)ccc31)CN(C1CCCC1)CC2. The summed E-state index contributed by atoms with van der Waals surface area (Å²) in [6, 6.07) is 7.45. The van der Waals surface area contributed by atoms with E-state index in [4.69, 9.17) is 0 Å². The van der Waals surface area contributed by atoms with Crippen LogP contribution in [0.1, 0.15) is 96.7 Å². The molecular weight excluding hydrogens is 460 g/mol. The molecular formula is C31H46N4O2. The fraction of sp³-hybridized carbons (Fsp3) is 0.677. The molecule has 1 aliphatic heterocycles. The summed E-state index contributed by atoms with van der Waals surface area (Å²) < 4.78 is 2.54. The first kappa shape index (κ1) is 26.3. The molecule has 2 fully saturated rings. The minimum absolute atomic E-state index is 0.00921. The van der Waals surface area contributed by atoms with Crippen LogP contribution in [0.5, 0.6) is 0 Å². The molecule has 0 atom stereocenters. The van der Waals surface area contributed by atoms with Crippen molar-refractivity contribution in [1.29, 1.82) is 0 Å². The van der Waals surface area contributed by atoms with E-state index < -0.39 is 0 Å². The monoisotopic (exact) mass is 506 g/mol. The zero-order valence-electron chi connectivity index (χ0n) is 23.4. The predicted molar refractivity (Wildman–Crippen MR) is 151 cm³/mol. The first-order chi connectivity index (χ1) is 17.7. The van der Waals surface area contributed by atoms with Crippen molar-refractivity contribution in [3.63, 3.8) is 0 Å². The maximum Gasteiger partial charge on any atom is 0.227 e. The Morgan fingerprint density at radius 3 is 2.43 bits per heavy atom. The maximum absolute atomic E-state index is 13.2. The number of nitrogens with zero attached hydrogens (tertiary/aromatic N) is 2. The Kier molecular flexibility index (Phi) is 7.67. The molecule has 0 saturated heterocycles. The average Bonchev–Trinajstić information content (AvgIpc) is 3.51. The molecule has 3 aliphatic rings. The first-order valence-electron chi connectivity index (χ1n) is 14.7. The lowest BCUT2D eigenvalue weighted by atomic mass is 9.84. The molecule has 6 nitrogen and oxygen atoms in total. The fourth-order valence-electron chi connectivity index (χ4n) is 6.75. The van der Waals surface area contributed by atoms with Crippen molar-refractivity contribution in [3.8, 4) is 0 Å². The molecule has 2 N–H and O–H groups in total. The van der Waals surface area contributed by atoms with Gasteiger partial charge in [-0.2, -0.15) is 0 Å². The summed E-state index contributed by atoms with van der Waals surface area (Å²) in [6.07, 6.45) is 11.0. The van der Waals surface area contributed by atoms with Crippen LogP contribution in [-0.2, 0) is 29.1 Å². The van der Waals surface area contributed by atoms with Crippen LogP contribution < -0.4 is 10.6 Å². The first-order valence-corrected chi connectivity index (χ1v) is 14.7. The van der Waals surface area contributed by atoms with E-state index in [0.717, 1.165) is 63.3 Å². The highest BCUT2D eigenvalue weighted by atomic mass is 16.2. The quantitative estimate of drug-likeness (QED) is 0.504. The summed E-state index contributed by atoms with van der Waals surface area (Å²) in [5, 5.41) is 7.74. The number of carbonyl (C=O) groups is 2. The highest BCUT2D eigenvalue weighted by Gasteiger charge is 2.31. The van der Waals surface area contributed by atoms with Gasteiger partial charge in [-0.15, -0.1) is 0 Å². The Morgan fingerprint density at radius 1 is 1.03 bits per heavy atom. The molecule has 37 heavy (non-hydrogen) atoms. The summed E-state index contributed by atoms with van der Waals surface area (Å²) in [7, 11) is 0. The van der Waals surface area contributed by atoms with E-state index in [1.54, 1.807) is 0 Å². The van der Waals surface area contributed by atoms with Gasteiger partial charge in [0.2, 0.25) is 11.8 Å². The standard InChI is InChI=1S/C31H46N4O2/c1-5-17-35-27-15-14-23(19-25(27)26-20-34(18-16-28(26)35)24-8-6-7-9-24)32-29(36)21-10-12-22(13-11-21)33-30(37)31(2,3)4/h14-15,19,21-22,24H,5-13,16-18,20H2,1-4H3,(H,32,36)(H,33,37). The van der Waals surface area contributed by atoms with Gasteiger partial charge in [-0.05, 0) is 68.7 Å². The van der Waals surface area contributed by atoms with Gasteiger partial charge < -0.3 is 15.2 Å². The van der Waals surface area contributed by atoms with Gasteiger partial charge in [0, 0.05) is 71.8 Å². The van der Waals surface area contributed by atoms with E-state index >= 15 is 0 Å². The number of aromatic nitrogens is 1. The van der Waals surface area contributed by atoms with Crippen LogP contribution in [0.25, 0.3) is 10.9 Å². The molecule has 5 rings (SSSR count). The second-order valence-corrected chi connectivity index (χ2v) is 12.7. The van der Waals surface area contributed by atoms with Crippen LogP contribution in [0.2, 0.25) is 0 Å². The fourth-order valence-corrected chi connectivity index (χ4v) is 6.75. The van der Waals surface area contributed by atoms with Crippen molar-refractivity contribution in [2.24, 2.45) is 11.3 Å². The van der Waals surface area contributed by atoms with E-state index in [2.05, 4.69) is 45.2 Å². The van der Waals surface area contributed by atoms with E-state index in [1.807, 2.05) is 20.8 Å². The number of nitrogens with one attached hydrogen (secondary N) is 2. The zero-order valence-corrected chi connectivity index (χ0v) is 23.4. The van der Waals surface area contributed by atoms with E-state index in [0.29, 0.717) is 0 Å². The maximum atomic E-state index is 13.2. The van der Waals surface area contributed by atoms with Crippen molar-refractivity contribution >= 4 is 28.4 Å². The molecule has 0 radical (unpaired) electrons. The van der Waals surface area contributed by atoms with Crippen LogP contribution in [0.15, 0.2) is 18.2 Å². The molecule has 1 aromatic heterocycles. The molecule has 0 spiro atoms. The molecule has 2 amide bonds. The third kappa shape index (κ3) is 5.59. The topological polar surface area (TPSA) is 66.4 Å². The number of anilines is 1. The molecule has 202 valence electrons. The van der Waals surface area contributed by atoms with E-state index in [-0.39, 0.29) is 29.2 Å². The molecule has 2 heterocycles. The summed E-state index contributed by atoms with van der Waals surface area (Å²) in [5.74, 6) is 0.225. The second-order valence-electron chi connectivity index (χ2n) is 12.7. The van der Waals surface area contributed by atoms with E-state index in [1.165, 1.54) is 54.4 Å². The Hall–Kier alpha value is -2.34. The van der Waals surface area contributed by atoms with Gasteiger partial charge >= 0.3 is 0 Å². The summed E-state index contributed by atoms with van der Waals surface area (Å²) >= 11 is 0. The smallest absolute Gasteiger partial charge is 0.227 e. The van der Waals surface area contributed by atoms with Crippen molar-refractivity contribution in [2.75, 3.05) is 11.9 Å². The third-order valence-electron chi connectivity index (χ3n) is 8.95. The number of hydrogen-bond donors (Lipinski definition) is 2. The Morgan fingerprint density at radius 2 is 1.76 bits per heavy atom. The summed E-state index contributed by atoms with van der Waals surface area (Å²) in [6.45, 7) is 11.3. The van der Waals surface area contributed by atoms with Crippen molar-refractivity contribution in [2.45, 2.75) is 117 Å².